The van der Waals surface area contributed by atoms with Crippen molar-refractivity contribution >= 4 is 17.3 Å². The van der Waals surface area contributed by atoms with E-state index in [9.17, 15) is 15.0 Å². The lowest BCUT2D eigenvalue weighted by atomic mass is 9.48. The second-order valence-electron chi connectivity index (χ2n) is 11.1. The van der Waals surface area contributed by atoms with E-state index in [0.29, 0.717) is 24.4 Å². The van der Waals surface area contributed by atoms with Gasteiger partial charge in [0, 0.05) is 30.5 Å². The standard InChI is InChI=1S/C25H39NO4S/c1-16-5-8-23(3,18(13-16)15-30-17(2)28)20-6-9-24(4)21(19(20)14-27)7-10-25(24,29)22-26-11-12-31-22/h11-12,16,18-21,27,29H,5-10,13-15H2,1-4H3/t16-,18+,19+,20-,21-,23-,24-,25+/m0/s1. The third-order valence-electron chi connectivity index (χ3n) is 9.72. The van der Waals surface area contributed by atoms with Crippen LogP contribution in [0.1, 0.15) is 77.6 Å². The van der Waals surface area contributed by atoms with Gasteiger partial charge in [0.05, 0.1) is 6.61 Å². The summed E-state index contributed by atoms with van der Waals surface area (Å²) in [6.45, 7) is 9.04. The average molecular weight is 450 g/mol. The fourth-order valence-electron chi connectivity index (χ4n) is 7.75. The molecule has 0 unspecified atom stereocenters. The van der Waals surface area contributed by atoms with Gasteiger partial charge >= 0.3 is 5.97 Å². The van der Waals surface area contributed by atoms with Gasteiger partial charge in [-0.2, -0.15) is 0 Å². The number of ether oxygens (including phenoxy) is 1. The Labute approximate surface area is 190 Å². The number of hydrogen-bond acceptors (Lipinski definition) is 6. The molecule has 4 rings (SSSR count). The van der Waals surface area contributed by atoms with Gasteiger partial charge in [0.1, 0.15) is 10.6 Å². The van der Waals surface area contributed by atoms with Crippen molar-refractivity contribution in [3.63, 3.8) is 0 Å². The first-order chi connectivity index (χ1) is 14.7. The van der Waals surface area contributed by atoms with Crippen LogP contribution in [0.5, 0.6) is 0 Å². The summed E-state index contributed by atoms with van der Waals surface area (Å²) in [6, 6.07) is 0. The quantitative estimate of drug-likeness (QED) is 0.633. The van der Waals surface area contributed by atoms with Crippen LogP contribution in [0.15, 0.2) is 11.6 Å². The topological polar surface area (TPSA) is 79.7 Å². The largest absolute Gasteiger partial charge is 0.466 e. The number of carbonyl (C=O) groups is 1. The molecule has 0 aromatic carbocycles. The molecule has 0 bridgehead atoms. The molecule has 2 N–H and O–H groups in total. The fourth-order valence-corrected chi connectivity index (χ4v) is 8.66. The van der Waals surface area contributed by atoms with Gasteiger partial charge in [-0.15, -0.1) is 11.3 Å². The van der Waals surface area contributed by atoms with E-state index < -0.39 is 5.60 Å². The summed E-state index contributed by atoms with van der Waals surface area (Å²) in [5.41, 5.74) is -1.12. The summed E-state index contributed by atoms with van der Waals surface area (Å²) in [6.07, 6.45) is 8.74. The van der Waals surface area contributed by atoms with Gasteiger partial charge in [0.25, 0.3) is 0 Å². The van der Waals surface area contributed by atoms with E-state index in [0.717, 1.165) is 43.5 Å². The Morgan fingerprint density at radius 2 is 1.97 bits per heavy atom. The molecule has 31 heavy (non-hydrogen) atoms. The van der Waals surface area contributed by atoms with Gasteiger partial charge in [-0.05, 0) is 73.5 Å². The smallest absolute Gasteiger partial charge is 0.302 e. The summed E-state index contributed by atoms with van der Waals surface area (Å²) >= 11 is 1.55. The molecule has 5 nitrogen and oxygen atoms in total. The lowest BCUT2D eigenvalue weighted by molar-refractivity contribution is -0.159. The lowest BCUT2D eigenvalue weighted by Gasteiger charge is -2.58. The molecular weight excluding hydrogens is 410 g/mol. The molecule has 8 atom stereocenters. The van der Waals surface area contributed by atoms with Crippen LogP contribution in [-0.2, 0) is 15.1 Å². The zero-order chi connectivity index (χ0) is 22.4. The maximum Gasteiger partial charge on any atom is 0.302 e. The zero-order valence-corrected chi connectivity index (χ0v) is 20.3. The predicted octanol–water partition coefficient (Wildman–Crippen LogP) is 4.77. The summed E-state index contributed by atoms with van der Waals surface area (Å²) in [4.78, 5) is 16.1. The second kappa shape index (κ2) is 8.42. The molecule has 1 aromatic heterocycles. The number of hydrogen-bond donors (Lipinski definition) is 2. The fraction of sp³-hybridized carbons (Fsp3) is 0.840. The molecule has 0 spiro atoms. The van der Waals surface area contributed by atoms with E-state index in [1.54, 1.807) is 17.5 Å². The van der Waals surface area contributed by atoms with E-state index in [1.165, 1.54) is 13.3 Å². The van der Waals surface area contributed by atoms with Crippen LogP contribution < -0.4 is 0 Å². The van der Waals surface area contributed by atoms with Gasteiger partial charge < -0.3 is 14.9 Å². The van der Waals surface area contributed by atoms with Gasteiger partial charge in [-0.25, -0.2) is 4.98 Å². The van der Waals surface area contributed by atoms with Crippen molar-refractivity contribution in [3.05, 3.63) is 16.6 Å². The molecule has 0 saturated heterocycles. The maximum atomic E-state index is 11.8. The molecule has 3 aliphatic rings. The van der Waals surface area contributed by atoms with E-state index in [4.69, 9.17) is 4.74 Å². The van der Waals surface area contributed by atoms with Crippen LogP contribution in [0.2, 0.25) is 0 Å². The maximum absolute atomic E-state index is 11.8. The summed E-state index contributed by atoms with van der Waals surface area (Å²) in [7, 11) is 0. The first-order valence-electron chi connectivity index (χ1n) is 12.0. The molecule has 174 valence electrons. The third-order valence-corrected chi connectivity index (χ3v) is 10.6. The minimum atomic E-state index is -0.899. The van der Waals surface area contributed by atoms with Crippen molar-refractivity contribution in [1.82, 2.24) is 4.98 Å². The highest BCUT2D eigenvalue weighted by atomic mass is 32.1. The molecule has 1 heterocycles. The molecule has 0 aliphatic heterocycles. The first kappa shape index (κ1) is 23.2. The van der Waals surface area contributed by atoms with Crippen LogP contribution in [0.25, 0.3) is 0 Å². The number of fused-ring (bicyclic) bond motifs is 1. The van der Waals surface area contributed by atoms with Crippen molar-refractivity contribution in [2.24, 2.45) is 40.4 Å². The monoisotopic (exact) mass is 449 g/mol. The molecule has 3 fully saturated rings. The van der Waals surface area contributed by atoms with Crippen LogP contribution >= 0.6 is 11.3 Å². The SMILES string of the molecule is CC(=O)OC[C@H]1C[C@@H](C)CC[C@]1(C)[C@H]1CC[C@@]2(C)[C@@H](CC[C@@]2(O)c2nccs2)[C@@H]1CO. The molecule has 0 amide bonds. The highest BCUT2D eigenvalue weighted by molar-refractivity contribution is 7.09. The highest BCUT2D eigenvalue weighted by Crippen LogP contribution is 2.67. The number of thiazole rings is 1. The summed E-state index contributed by atoms with van der Waals surface area (Å²) in [5, 5.41) is 25.2. The molecule has 0 radical (unpaired) electrons. The van der Waals surface area contributed by atoms with Gasteiger partial charge in [0.2, 0.25) is 0 Å². The molecular formula is C25H39NO4S. The van der Waals surface area contributed by atoms with Crippen molar-refractivity contribution in [3.8, 4) is 0 Å². The van der Waals surface area contributed by atoms with E-state index in [-0.39, 0.29) is 35.2 Å². The predicted molar refractivity (Wildman–Crippen MR) is 121 cm³/mol. The number of esters is 1. The van der Waals surface area contributed by atoms with Crippen LogP contribution in [0.3, 0.4) is 0 Å². The molecule has 1 aromatic rings. The Balaban J connectivity index is 1.63. The van der Waals surface area contributed by atoms with E-state index >= 15 is 0 Å². The minimum absolute atomic E-state index is 0.0403. The van der Waals surface area contributed by atoms with Gasteiger partial charge in [-0.1, -0.05) is 27.2 Å². The van der Waals surface area contributed by atoms with Crippen molar-refractivity contribution in [1.29, 1.82) is 0 Å². The van der Waals surface area contributed by atoms with Crippen LogP contribution in [0, 0.1) is 40.4 Å². The van der Waals surface area contributed by atoms with Crippen molar-refractivity contribution in [2.75, 3.05) is 13.2 Å². The molecule has 6 heteroatoms. The number of nitrogens with zero attached hydrogens (tertiary/aromatic N) is 1. The number of aliphatic hydroxyl groups excluding tert-OH is 1. The van der Waals surface area contributed by atoms with Crippen LogP contribution in [-0.4, -0.2) is 34.4 Å². The normalized spacial score (nSPS) is 45.3. The second-order valence-corrected chi connectivity index (χ2v) is 12.0. The average Bonchev–Trinajstić information content (AvgIpc) is 3.36. The van der Waals surface area contributed by atoms with Crippen molar-refractivity contribution < 1.29 is 19.7 Å². The van der Waals surface area contributed by atoms with E-state index in [2.05, 4.69) is 25.8 Å². The van der Waals surface area contributed by atoms with Gasteiger partial charge in [0.15, 0.2) is 0 Å². The van der Waals surface area contributed by atoms with Crippen LogP contribution in [0.4, 0.5) is 0 Å². The minimum Gasteiger partial charge on any atom is -0.466 e. The molecule has 3 aliphatic carbocycles. The number of aromatic nitrogens is 1. The molecule has 3 saturated carbocycles. The number of rotatable bonds is 5. The summed E-state index contributed by atoms with van der Waals surface area (Å²) in [5.74, 6) is 1.56. The number of aliphatic hydroxyl groups is 2. The Kier molecular flexibility index (Phi) is 6.30. The Morgan fingerprint density at radius 3 is 2.61 bits per heavy atom. The van der Waals surface area contributed by atoms with Gasteiger partial charge in [-0.3, -0.25) is 4.79 Å². The van der Waals surface area contributed by atoms with E-state index in [1.807, 2.05) is 5.38 Å². The zero-order valence-electron chi connectivity index (χ0n) is 19.5. The summed E-state index contributed by atoms with van der Waals surface area (Å²) < 4.78 is 5.53. The third kappa shape index (κ3) is 3.67. The highest BCUT2D eigenvalue weighted by Gasteiger charge is 2.64. The Hall–Kier alpha value is -0.980. The lowest BCUT2D eigenvalue weighted by Crippen LogP contribution is -2.54. The number of carbonyl (C=O) groups excluding carboxylic acids is 1. The Bertz CT molecular complexity index is 784. The first-order valence-corrected chi connectivity index (χ1v) is 12.9. The van der Waals surface area contributed by atoms with Crippen molar-refractivity contribution in [2.45, 2.75) is 78.2 Å². The Morgan fingerprint density at radius 1 is 1.23 bits per heavy atom.